The zero-order chi connectivity index (χ0) is 16.2. The molecular weight excluding hydrogens is 296 g/mol. The third kappa shape index (κ3) is 3.42. The van der Waals surface area contributed by atoms with E-state index in [1.165, 1.54) is 6.33 Å². The number of hydrogen-bond donors (Lipinski definition) is 1. The van der Waals surface area contributed by atoms with Crippen LogP contribution in [0.4, 0.5) is 5.82 Å². The Labute approximate surface area is 132 Å². The SMILES string of the molecule is Cc1noc(C)c1CCC(=O)Nc1cc(-n2cccn2)ncn1. The van der Waals surface area contributed by atoms with Crippen LogP contribution in [-0.2, 0) is 11.2 Å². The molecule has 1 amide bonds. The highest BCUT2D eigenvalue weighted by atomic mass is 16.5. The van der Waals surface area contributed by atoms with Crippen molar-refractivity contribution in [1.29, 1.82) is 0 Å². The van der Waals surface area contributed by atoms with Gasteiger partial charge in [-0.05, 0) is 26.3 Å². The maximum absolute atomic E-state index is 12.1. The largest absolute Gasteiger partial charge is 0.361 e. The molecule has 0 saturated heterocycles. The minimum absolute atomic E-state index is 0.130. The fourth-order valence-corrected chi connectivity index (χ4v) is 2.25. The molecule has 0 atom stereocenters. The smallest absolute Gasteiger partial charge is 0.225 e. The predicted octanol–water partition coefficient (Wildman–Crippen LogP) is 1.84. The summed E-state index contributed by atoms with van der Waals surface area (Å²) in [6, 6.07) is 3.46. The van der Waals surface area contributed by atoms with E-state index in [0.29, 0.717) is 24.5 Å². The van der Waals surface area contributed by atoms with Crippen LogP contribution < -0.4 is 5.32 Å². The number of hydrogen-bond acceptors (Lipinski definition) is 6. The highest BCUT2D eigenvalue weighted by Crippen LogP contribution is 2.15. The number of amides is 1. The molecule has 0 aliphatic heterocycles. The third-order valence-corrected chi connectivity index (χ3v) is 3.44. The standard InChI is InChI=1S/C15H16N6O2/c1-10-12(11(2)23-20-10)4-5-15(22)19-13-8-14(17-9-16-13)21-7-3-6-18-21/h3,6-9H,4-5H2,1-2H3,(H,16,17,19,22). The Morgan fingerprint density at radius 2 is 2.22 bits per heavy atom. The number of rotatable bonds is 5. The van der Waals surface area contributed by atoms with E-state index in [1.54, 1.807) is 29.2 Å². The summed E-state index contributed by atoms with van der Waals surface area (Å²) in [4.78, 5) is 20.3. The fourth-order valence-electron chi connectivity index (χ4n) is 2.25. The Balaban J connectivity index is 1.63. The lowest BCUT2D eigenvalue weighted by molar-refractivity contribution is -0.116. The average molecular weight is 312 g/mol. The molecule has 0 spiro atoms. The molecule has 0 radical (unpaired) electrons. The first-order valence-corrected chi connectivity index (χ1v) is 7.17. The lowest BCUT2D eigenvalue weighted by atomic mass is 10.1. The summed E-state index contributed by atoms with van der Waals surface area (Å²) in [5.41, 5.74) is 1.79. The van der Waals surface area contributed by atoms with Gasteiger partial charge >= 0.3 is 0 Å². The molecule has 8 heteroatoms. The number of nitrogens with zero attached hydrogens (tertiary/aromatic N) is 5. The van der Waals surface area contributed by atoms with E-state index < -0.39 is 0 Å². The van der Waals surface area contributed by atoms with Gasteiger partial charge < -0.3 is 9.84 Å². The number of anilines is 1. The summed E-state index contributed by atoms with van der Waals surface area (Å²) in [6.45, 7) is 3.71. The van der Waals surface area contributed by atoms with Crippen LogP contribution in [0.2, 0.25) is 0 Å². The molecule has 0 fully saturated rings. The first-order valence-electron chi connectivity index (χ1n) is 7.17. The number of carbonyl (C=O) groups excluding carboxylic acids is 1. The number of aromatic nitrogens is 5. The average Bonchev–Trinajstić information content (AvgIpc) is 3.17. The second-order valence-electron chi connectivity index (χ2n) is 5.06. The molecule has 8 nitrogen and oxygen atoms in total. The first kappa shape index (κ1) is 14.9. The van der Waals surface area contributed by atoms with E-state index in [9.17, 15) is 4.79 Å². The molecule has 3 aromatic heterocycles. The number of nitrogens with one attached hydrogen (secondary N) is 1. The van der Waals surface area contributed by atoms with Crippen LogP contribution in [0.15, 0.2) is 35.4 Å². The van der Waals surface area contributed by atoms with E-state index in [1.807, 2.05) is 13.8 Å². The fraction of sp³-hybridized carbons (Fsp3) is 0.267. The van der Waals surface area contributed by atoms with Crippen molar-refractivity contribution in [3.05, 3.63) is 47.9 Å². The van der Waals surface area contributed by atoms with Gasteiger partial charge in [-0.3, -0.25) is 4.79 Å². The summed E-state index contributed by atoms with van der Waals surface area (Å²) in [5, 5.41) is 10.7. The second-order valence-corrected chi connectivity index (χ2v) is 5.06. The van der Waals surface area contributed by atoms with Gasteiger partial charge in [-0.1, -0.05) is 5.16 Å². The normalized spacial score (nSPS) is 10.7. The van der Waals surface area contributed by atoms with Gasteiger partial charge in [-0.15, -0.1) is 0 Å². The van der Waals surface area contributed by atoms with Crippen LogP contribution in [0.3, 0.4) is 0 Å². The van der Waals surface area contributed by atoms with Gasteiger partial charge in [0.25, 0.3) is 0 Å². The molecule has 3 aromatic rings. The van der Waals surface area contributed by atoms with Crippen molar-refractivity contribution in [3.8, 4) is 5.82 Å². The molecule has 3 heterocycles. The molecule has 118 valence electrons. The summed E-state index contributed by atoms with van der Waals surface area (Å²) in [5.74, 6) is 1.65. The minimum atomic E-state index is -0.130. The Bertz CT molecular complexity index is 790. The molecule has 3 rings (SSSR count). The van der Waals surface area contributed by atoms with Crippen LogP contribution in [0.5, 0.6) is 0 Å². The molecule has 0 aliphatic rings. The highest BCUT2D eigenvalue weighted by molar-refractivity contribution is 5.90. The molecule has 23 heavy (non-hydrogen) atoms. The monoisotopic (exact) mass is 312 g/mol. The van der Waals surface area contributed by atoms with Gasteiger partial charge in [0.2, 0.25) is 5.91 Å². The summed E-state index contributed by atoms with van der Waals surface area (Å²) in [7, 11) is 0. The van der Waals surface area contributed by atoms with Crippen LogP contribution >= 0.6 is 0 Å². The molecule has 0 aromatic carbocycles. The first-order chi connectivity index (χ1) is 11.1. The van der Waals surface area contributed by atoms with Gasteiger partial charge in [0, 0.05) is 30.4 Å². The van der Waals surface area contributed by atoms with Crippen molar-refractivity contribution in [3.63, 3.8) is 0 Å². The summed E-state index contributed by atoms with van der Waals surface area (Å²) < 4.78 is 6.69. The van der Waals surface area contributed by atoms with Crippen molar-refractivity contribution in [2.75, 3.05) is 5.32 Å². The molecule has 0 aliphatic carbocycles. The Kier molecular flexibility index (Phi) is 4.13. The van der Waals surface area contributed by atoms with Crippen LogP contribution in [0, 0.1) is 13.8 Å². The number of carbonyl (C=O) groups is 1. The molecular formula is C15H16N6O2. The van der Waals surface area contributed by atoms with Crippen molar-refractivity contribution in [1.82, 2.24) is 24.9 Å². The van der Waals surface area contributed by atoms with Crippen molar-refractivity contribution in [2.24, 2.45) is 0 Å². The van der Waals surface area contributed by atoms with E-state index in [2.05, 4.69) is 25.5 Å². The summed E-state index contributed by atoms with van der Waals surface area (Å²) in [6.07, 6.45) is 5.71. The van der Waals surface area contributed by atoms with E-state index in [-0.39, 0.29) is 5.91 Å². The number of aryl methyl sites for hydroxylation is 2. The van der Waals surface area contributed by atoms with Gasteiger partial charge in [0.15, 0.2) is 5.82 Å². The lowest BCUT2D eigenvalue weighted by Crippen LogP contribution is -2.14. The van der Waals surface area contributed by atoms with Gasteiger partial charge in [-0.2, -0.15) is 5.10 Å². The van der Waals surface area contributed by atoms with E-state index >= 15 is 0 Å². The molecule has 0 bridgehead atoms. The van der Waals surface area contributed by atoms with Crippen LogP contribution in [0.1, 0.15) is 23.4 Å². The topological polar surface area (TPSA) is 98.7 Å². The van der Waals surface area contributed by atoms with Gasteiger partial charge in [0.1, 0.15) is 17.9 Å². The zero-order valence-electron chi connectivity index (χ0n) is 12.9. The zero-order valence-corrected chi connectivity index (χ0v) is 12.9. The van der Waals surface area contributed by atoms with Gasteiger partial charge in [0.05, 0.1) is 5.69 Å². The Morgan fingerprint density at radius 1 is 1.35 bits per heavy atom. The maximum atomic E-state index is 12.1. The minimum Gasteiger partial charge on any atom is -0.361 e. The van der Waals surface area contributed by atoms with Gasteiger partial charge in [-0.25, -0.2) is 14.6 Å². The Hall–Kier alpha value is -3.03. The molecule has 0 saturated carbocycles. The van der Waals surface area contributed by atoms with E-state index in [0.717, 1.165) is 17.0 Å². The van der Waals surface area contributed by atoms with E-state index in [4.69, 9.17) is 4.52 Å². The second kappa shape index (κ2) is 6.39. The van der Waals surface area contributed by atoms with Crippen LogP contribution in [0.25, 0.3) is 5.82 Å². The highest BCUT2D eigenvalue weighted by Gasteiger charge is 2.12. The Morgan fingerprint density at radius 3 is 2.91 bits per heavy atom. The third-order valence-electron chi connectivity index (χ3n) is 3.44. The van der Waals surface area contributed by atoms with Crippen LogP contribution in [-0.4, -0.2) is 30.8 Å². The van der Waals surface area contributed by atoms with Crippen molar-refractivity contribution < 1.29 is 9.32 Å². The molecule has 0 unspecified atom stereocenters. The predicted molar refractivity (Wildman–Crippen MR) is 82.1 cm³/mol. The summed E-state index contributed by atoms with van der Waals surface area (Å²) >= 11 is 0. The lowest BCUT2D eigenvalue weighted by Gasteiger charge is -2.06. The van der Waals surface area contributed by atoms with Crippen molar-refractivity contribution >= 4 is 11.7 Å². The maximum Gasteiger partial charge on any atom is 0.225 e. The molecule has 1 N–H and O–H groups in total. The quantitative estimate of drug-likeness (QED) is 0.771. The van der Waals surface area contributed by atoms with Crippen molar-refractivity contribution in [2.45, 2.75) is 26.7 Å².